The average molecular weight is 430 g/mol. The van der Waals surface area contributed by atoms with Gasteiger partial charge in [0.1, 0.15) is 11.6 Å². The third kappa shape index (κ3) is 3.99. The summed E-state index contributed by atoms with van der Waals surface area (Å²) in [4.78, 5) is 15.3. The number of nitrogens with zero attached hydrogens (tertiary/aromatic N) is 3. The Kier molecular flexibility index (Phi) is 5.52. The minimum Gasteiger partial charge on any atom is -0.378 e. The van der Waals surface area contributed by atoms with E-state index < -0.39 is 11.6 Å². The van der Waals surface area contributed by atoms with Crippen LogP contribution in [0.25, 0.3) is 5.69 Å². The highest BCUT2D eigenvalue weighted by molar-refractivity contribution is 5.94. The Bertz CT molecular complexity index is 972. The van der Waals surface area contributed by atoms with Gasteiger partial charge in [0.25, 0.3) is 5.91 Å². The number of halogens is 2. The topological polar surface area (TPSA) is 73.4 Å². The summed E-state index contributed by atoms with van der Waals surface area (Å²) in [7, 11) is 0. The van der Waals surface area contributed by atoms with Crippen LogP contribution in [0.15, 0.2) is 18.2 Å². The molecule has 2 saturated heterocycles. The van der Waals surface area contributed by atoms with Crippen molar-refractivity contribution in [2.24, 2.45) is 11.7 Å². The van der Waals surface area contributed by atoms with E-state index in [-0.39, 0.29) is 24.0 Å². The molecule has 8 heteroatoms. The molecule has 1 aromatic carbocycles. The van der Waals surface area contributed by atoms with Crippen LogP contribution in [0.1, 0.15) is 53.8 Å². The van der Waals surface area contributed by atoms with Crippen LogP contribution in [0.5, 0.6) is 0 Å². The van der Waals surface area contributed by atoms with E-state index in [0.717, 1.165) is 62.3 Å². The lowest BCUT2D eigenvalue weighted by atomic mass is 9.87. The summed E-state index contributed by atoms with van der Waals surface area (Å²) in [6.45, 7) is 2.00. The zero-order valence-corrected chi connectivity index (χ0v) is 17.5. The summed E-state index contributed by atoms with van der Waals surface area (Å²) in [5.41, 5.74) is 8.65. The number of benzene rings is 1. The van der Waals surface area contributed by atoms with E-state index in [0.29, 0.717) is 31.1 Å². The minimum atomic E-state index is -0.658. The molecule has 31 heavy (non-hydrogen) atoms. The van der Waals surface area contributed by atoms with Gasteiger partial charge in [0.2, 0.25) is 0 Å². The van der Waals surface area contributed by atoms with E-state index in [2.05, 4.69) is 5.10 Å². The number of rotatable bonds is 3. The molecule has 0 saturated carbocycles. The molecule has 1 aliphatic carbocycles. The van der Waals surface area contributed by atoms with Crippen LogP contribution in [0.2, 0.25) is 0 Å². The molecule has 2 fully saturated rings. The lowest BCUT2D eigenvalue weighted by Gasteiger charge is -2.39. The van der Waals surface area contributed by atoms with Crippen molar-refractivity contribution < 1.29 is 18.3 Å². The monoisotopic (exact) mass is 430 g/mol. The fourth-order valence-corrected chi connectivity index (χ4v) is 5.32. The highest BCUT2D eigenvalue weighted by Gasteiger charge is 2.35. The fourth-order valence-electron chi connectivity index (χ4n) is 5.32. The van der Waals surface area contributed by atoms with Crippen LogP contribution in [0.3, 0.4) is 0 Å². The van der Waals surface area contributed by atoms with Gasteiger partial charge in [-0.15, -0.1) is 0 Å². The predicted molar refractivity (Wildman–Crippen MR) is 111 cm³/mol. The average Bonchev–Trinajstić information content (AvgIpc) is 3.35. The molecular formula is C23H28F2N4O2. The first-order chi connectivity index (χ1) is 15.0. The molecule has 5 rings (SSSR count). The summed E-state index contributed by atoms with van der Waals surface area (Å²) in [5, 5.41) is 4.55. The lowest BCUT2D eigenvalue weighted by Crippen LogP contribution is -2.47. The second-order valence-corrected chi connectivity index (χ2v) is 9.01. The van der Waals surface area contributed by atoms with Gasteiger partial charge in [0.15, 0.2) is 5.69 Å². The number of carbonyl (C=O) groups is 1. The van der Waals surface area contributed by atoms with Crippen molar-refractivity contribution in [2.75, 3.05) is 19.7 Å². The first kappa shape index (κ1) is 20.6. The fraction of sp³-hybridized carbons (Fsp3) is 0.565. The van der Waals surface area contributed by atoms with Gasteiger partial charge >= 0.3 is 0 Å². The Morgan fingerprint density at radius 2 is 1.94 bits per heavy atom. The van der Waals surface area contributed by atoms with Crippen molar-refractivity contribution in [3.05, 3.63) is 46.8 Å². The van der Waals surface area contributed by atoms with E-state index >= 15 is 0 Å². The maximum Gasteiger partial charge on any atom is 0.274 e. The number of carbonyl (C=O) groups excluding carboxylic acids is 1. The molecule has 0 spiro atoms. The number of hydrogen-bond donors (Lipinski definition) is 1. The molecule has 0 radical (unpaired) electrons. The zero-order valence-electron chi connectivity index (χ0n) is 17.5. The highest BCUT2D eigenvalue weighted by Crippen LogP contribution is 2.32. The number of fused-ring (bicyclic) bond motifs is 1. The van der Waals surface area contributed by atoms with E-state index in [1.807, 2.05) is 4.90 Å². The molecule has 3 aliphatic rings. The molecular weight excluding hydrogens is 402 g/mol. The number of amides is 1. The van der Waals surface area contributed by atoms with Gasteiger partial charge in [-0.1, -0.05) is 0 Å². The Labute approximate surface area is 180 Å². The largest absolute Gasteiger partial charge is 0.378 e. The standard InChI is InChI=1S/C23H28F2N4O2/c24-15-9-16(25)11-18(10-15)29-20-5-1-4-19(20)22(27-29)23(30)28-7-2-3-14(13-28)21-12-17(26)6-8-31-21/h9-11,14,17,21H,1-8,12-13,26H2. The van der Waals surface area contributed by atoms with Gasteiger partial charge in [0, 0.05) is 49.0 Å². The third-order valence-electron chi connectivity index (χ3n) is 6.85. The minimum absolute atomic E-state index is 0.0953. The first-order valence-electron chi connectivity index (χ1n) is 11.2. The number of hydrogen-bond acceptors (Lipinski definition) is 4. The molecule has 2 aromatic rings. The number of likely N-dealkylation sites (tertiary alicyclic amines) is 1. The van der Waals surface area contributed by atoms with E-state index in [1.165, 1.54) is 12.1 Å². The van der Waals surface area contributed by atoms with Gasteiger partial charge < -0.3 is 15.4 Å². The maximum atomic E-state index is 13.8. The van der Waals surface area contributed by atoms with Gasteiger partial charge in [-0.25, -0.2) is 13.5 Å². The SMILES string of the molecule is NC1CCOC(C2CCCN(C(=O)c3nn(-c4cc(F)cc(F)c4)c4c3CCC4)C2)C1. The van der Waals surface area contributed by atoms with E-state index in [1.54, 1.807) is 4.68 Å². The van der Waals surface area contributed by atoms with Crippen molar-refractivity contribution in [1.82, 2.24) is 14.7 Å². The van der Waals surface area contributed by atoms with Crippen LogP contribution in [0.4, 0.5) is 8.78 Å². The smallest absolute Gasteiger partial charge is 0.274 e. The molecule has 0 bridgehead atoms. The molecule has 1 amide bonds. The van der Waals surface area contributed by atoms with Gasteiger partial charge in [0.05, 0.1) is 11.8 Å². The number of piperidine rings is 1. The Hall–Kier alpha value is -2.32. The van der Waals surface area contributed by atoms with Crippen LogP contribution in [-0.4, -0.2) is 52.4 Å². The first-order valence-corrected chi connectivity index (χ1v) is 11.2. The van der Waals surface area contributed by atoms with Crippen LogP contribution in [0, 0.1) is 17.6 Å². The van der Waals surface area contributed by atoms with Gasteiger partial charge in [-0.2, -0.15) is 5.10 Å². The van der Waals surface area contributed by atoms with Crippen molar-refractivity contribution in [1.29, 1.82) is 0 Å². The van der Waals surface area contributed by atoms with Crippen LogP contribution < -0.4 is 5.73 Å². The second kappa shape index (κ2) is 8.31. The van der Waals surface area contributed by atoms with E-state index in [4.69, 9.17) is 10.5 Å². The number of ether oxygens (including phenoxy) is 1. The van der Waals surface area contributed by atoms with Crippen LogP contribution in [-0.2, 0) is 17.6 Å². The maximum absolute atomic E-state index is 13.8. The summed E-state index contributed by atoms with van der Waals surface area (Å²) in [6.07, 6.45) is 6.16. The molecule has 1 aromatic heterocycles. The van der Waals surface area contributed by atoms with Crippen molar-refractivity contribution in [3.8, 4) is 5.69 Å². The molecule has 2 aliphatic heterocycles. The molecule has 3 atom stereocenters. The summed E-state index contributed by atoms with van der Waals surface area (Å²) >= 11 is 0. The summed E-state index contributed by atoms with van der Waals surface area (Å²) in [6, 6.07) is 3.51. The second-order valence-electron chi connectivity index (χ2n) is 9.01. The van der Waals surface area contributed by atoms with Gasteiger partial charge in [-0.3, -0.25) is 4.79 Å². The molecule has 6 nitrogen and oxygen atoms in total. The number of aromatic nitrogens is 2. The van der Waals surface area contributed by atoms with Crippen molar-refractivity contribution >= 4 is 5.91 Å². The highest BCUT2D eigenvalue weighted by atomic mass is 19.1. The molecule has 3 unspecified atom stereocenters. The predicted octanol–water partition coefficient (Wildman–Crippen LogP) is 3.00. The quantitative estimate of drug-likeness (QED) is 0.813. The Morgan fingerprint density at radius 3 is 2.71 bits per heavy atom. The van der Waals surface area contributed by atoms with E-state index in [9.17, 15) is 13.6 Å². The van der Waals surface area contributed by atoms with Gasteiger partial charge in [-0.05, 0) is 57.1 Å². The van der Waals surface area contributed by atoms with Crippen LogP contribution >= 0.6 is 0 Å². The normalized spacial score (nSPS) is 26.2. The Morgan fingerprint density at radius 1 is 1.13 bits per heavy atom. The zero-order chi connectivity index (χ0) is 21.5. The number of nitrogens with two attached hydrogens (primary N) is 1. The van der Waals surface area contributed by atoms with Crippen molar-refractivity contribution in [3.63, 3.8) is 0 Å². The molecule has 3 heterocycles. The van der Waals surface area contributed by atoms with Crippen molar-refractivity contribution in [2.45, 2.75) is 57.1 Å². The molecule has 166 valence electrons. The Balaban J connectivity index is 1.40. The third-order valence-corrected chi connectivity index (χ3v) is 6.85. The summed E-state index contributed by atoms with van der Waals surface area (Å²) < 4.78 is 35.1. The molecule has 2 N–H and O–H groups in total. The summed E-state index contributed by atoms with van der Waals surface area (Å²) in [5.74, 6) is -1.14. The lowest BCUT2D eigenvalue weighted by molar-refractivity contribution is -0.0440.